The summed E-state index contributed by atoms with van der Waals surface area (Å²) in [6.07, 6.45) is 4.72. The van der Waals surface area contributed by atoms with Crippen LogP contribution in [0.25, 0.3) is 0 Å². The predicted octanol–water partition coefficient (Wildman–Crippen LogP) is 6.33. The van der Waals surface area contributed by atoms with E-state index in [9.17, 15) is 13.2 Å². The first-order valence-electron chi connectivity index (χ1n) is 9.60. The van der Waals surface area contributed by atoms with Crippen molar-refractivity contribution in [3.63, 3.8) is 0 Å². The van der Waals surface area contributed by atoms with Crippen molar-refractivity contribution in [2.45, 2.75) is 38.5 Å². The van der Waals surface area contributed by atoms with Gasteiger partial charge in [-0.15, -0.1) is 0 Å². The van der Waals surface area contributed by atoms with Crippen LogP contribution in [0.5, 0.6) is 11.5 Å². The number of aryl methyl sites for hydroxylation is 1. The Morgan fingerprint density at radius 2 is 1.75 bits per heavy atom. The number of ether oxygens (including phenoxy) is 2. The first-order chi connectivity index (χ1) is 13.5. The van der Waals surface area contributed by atoms with Crippen LogP contribution in [0.1, 0.15) is 42.7 Å². The maximum atomic E-state index is 14.5. The first kappa shape index (κ1) is 20.3. The van der Waals surface area contributed by atoms with Gasteiger partial charge in [-0.2, -0.15) is 4.39 Å². The number of benzene rings is 2. The molecule has 0 atom stereocenters. The van der Waals surface area contributed by atoms with Crippen molar-refractivity contribution in [1.29, 1.82) is 0 Å². The molecule has 0 amide bonds. The molecule has 0 N–H and O–H groups in total. The Morgan fingerprint density at radius 1 is 1.00 bits per heavy atom. The summed E-state index contributed by atoms with van der Waals surface area (Å²) in [6, 6.07) is 7.96. The normalized spacial score (nSPS) is 19.3. The first-order valence-corrected chi connectivity index (χ1v) is 9.60. The second-order valence-electron chi connectivity index (χ2n) is 7.32. The number of hydrogen-bond donors (Lipinski definition) is 0. The molecule has 1 aliphatic rings. The monoisotopic (exact) mass is 390 g/mol. The highest BCUT2D eigenvalue weighted by Gasteiger charge is 2.27. The third kappa shape index (κ3) is 4.70. The van der Waals surface area contributed by atoms with E-state index in [0.717, 1.165) is 25.7 Å². The van der Waals surface area contributed by atoms with Gasteiger partial charge in [-0.05, 0) is 67.7 Å². The number of halogens is 3. The fourth-order valence-electron chi connectivity index (χ4n) is 3.64. The average molecular weight is 390 g/mol. The summed E-state index contributed by atoms with van der Waals surface area (Å²) in [6.45, 7) is 5.84. The van der Waals surface area contributed by atoms with Gasteiger partial charge in [-0.1, -0.05) is 24.8 Å². The molecule has 0 unspecified atom stereocenters. The van der Waals surface area contributed by atoms with Crippen molar-refractivity contribution in [2.24, 2.45) is 5.92 Å². The lowest BCUT2D eigenvalue weighted by Crippen LogP contribution is -2.20. The van der Waals surface area contributed by atoms with Gasteiger partial charge >= 0.3 is 0 Å². The van der Waals surface area contributed by atoms with E-state index in [1.807, 2.05) is 0 Å². The zero-order chi connectivity index (χ0) is 20.1. The highest BCUT2D eigenvalue weighted by atomic mass is 19.2. The van der Waals surface area contributed by atoms with E-state index in [2.05, 4.69) is 6.58 Å². The molecule has 2 aromatic carbocycles. The van der Waals surface area contributed by atoms with Crippen LogP contribution in [-0.4, -0.2) is 13.2 Å². The highest BCUT2D eigenvalue weighted by molar-refractivity contribution is 5.33. The van der Waals surface area contributed by atoms with E-state index in [1.165, 1.54) is 18.2 Å². The van der Waals surface area contributed by atoms with Crippen molar-refractivity contribution < 1.29 is 22.6 Å². The van der Waals surface area contributed by atoms with Crippen molar-refractivity contribution >= 4 is 0 Å². The van der Waals surface area contributed by atoms with Gasteiger partial charge < -0.3 is 9.47 Å². The van der Waals surface area contributed by atoms with Gasteiger partial charge in [0.05, 0.1) is 6.61 Å². The summed E-state index contributed by atoms with van der Waals surface area (Å²) in [5.74, 6) is -1.30. The molecule has 0 heterocycles. The standard InChI is InChI=1S/C23H25F3O2/c1-3-12-27-21-11-10-19(22(25)23(21)26)17-7-5-16(6-8-17)14-28-18-9-4-15(2)20(24)13-18/h3-4,9-11,13,16-17H,1,5-8,12,14H2,2H3. The lowest BCUT2D eigenvalue weighted by molar-refractivity contribution is 0.198. The molecule has 2 nitrogen and oxygen atoms in total. The SMILES string of the molecule is C=CCOc1ccc(C2CCC(COc3ccc(C)c(F)c3)CC2)c(F)c1F. The second-order valence-corrected chi connectivity index (χ2v) is 7.32. The topological polar surface area (TPSA) is 18.5 Å². The summed E-state index contributed by atoms with van der Waals surface area (Å²) < 4.78 is 53.1. The van der Waals surface area contributed by atoms with Crippen molar-refractivity contribution in [3.8, 4) is 11.5 Å². The summed E-state index contributed by atoms with van der Waals surface area (Å²) in [5.41, 5.74) is 0.992. The summed E-state index contributed by atoms with van der Waals surface area (Å²) in [7, 11) is 0. The van der Waals surface area contributed by atoms with Crippen LogP contribution in [-0.2, 0) is 0 Å². The molecule has 5 heteroatoms. The van der Waals surface area contributed by atoms with Crippen LogP contribution < -0.4 is 9.47 Å². The Kier molecular flexibility index (Phi) is 6.65. The van der Waals surface area contributed by atoms with Gasteiger partial charge in [0.2, 0.25) is 5.82 Å². The van der Waals surface area contributed by atoms with Gasteiger partial charge in [0.15, 0.2) is 11.6 Å². The van der Waals surface area contributed by atoms with E-state index in [1.54, 1.807) is 25.1 Å². The van der Waals surface area contributed by atoms with Gasteiger partial charge in [0, 0.05) is 6.07 Å². The van der Waals surface area contributed by atoms with Gasteiger partial charge in [-0.3, -0.25) is 0 Å². The van der Waals surface area contributed by atoms with Crippen LogP contribution in [0, 0.1) is 30.3 Å². The fraction of sp³-hybridized carbons (Fsp3) is 0.391. The van der Waals surface area contributed by atoms with Gasteiger partial charge in [0.25, 0.3) is 0 Å². The van der Waals surface area contributed by atoms with Crippen molar-refractivity contribution in [2.75, 3.05) is 13.2 Å². The Bertz CT molecular complexity index is 827. The maximum Gasteiger partial charge on any atom is 0.200 e. The zero-order valence-corrected chi connectivity index (χ0v) is 16.0. The number of rotatable bonds is 7. The Labute approximate surface area is 164 Å². The van der Waals surface area contributed by atoms with Gasteiger partial charge in [-0.25, -0.2) is 8.78 Å². The Hall–Kier alpha value is -2.43. The van der Waals surface area contributed by atoms with Gasteiger partial charge in [0.1, 0.15) is 18.2 Å². The molecule has 0 saturated heterocycles. The summed E-state index contributed by atoms with van der Waals surface area (Å²) >= 11 is 0. The number of hydrogen-bond acceptors (Lipinski definition) is 2. The molecule has 150 valence electrons. The molecule has 0 aliphatic heterocycles. The summed E-state index contributed by atoms with van der Waals surface area (Å²) in [5, 5.41) is 0. The molecular weight excluding hydrogens is 365 g/mol. The third-order valence-corrected chi connectivity index (χ3v) is 5.35. The molecule has 28 heavy (non-hydrogen) atoms. The van der Waals surface area contributed by atoms with E-state index >= 15 is 0 Å². The molecule has 0 radical (unpaired) electrons. The Balaban J connectivity index is 1.55. The molecule has 1 saturated carbocycles. The van der Waals surface area contributed by atoms with Crippen LogP contribution in [0.2, 0.25) is 0 Å². The zero-order valence-electron chi connectivity index (χ0n) is 16.0. The smallest absolute Gasteiger partial charge is 0.200 e. The molecule has 3 rings (SSSR count). The van der Waals surface area contributed by atoms with Crippen LogP contribution in [0.3, 0.4) is 0 Å². The maximum absolute atomic E-state index is 14.5. The van der Waals surface area contributed by atoms with E-state index in [0.29, 0.717) is 29.4 Å². The average Bonchev–Trinajstić information content (AvgIpc) is 2.70. The van der Waals surface area contributed by atoms with E-state index in [-0.39, 0.29) is 24.1 Å². The fourth-order valence-corrected chi connectivity index (χ4v) is 3.64. The molecule has 1 fully saturated rings. The van der Waals surface area contributed by atoms with Crippen molar-refractivity contribution in [1.82, 2.24) is 0 Å². The molecule has 1 aliphatic carbocycles. The third-order valence-electron chi connectivity index (χ3n) is 5.35. The molecular formula is C23H25F3O2. The lowest BCUT2D eigenvalue weighted by atomic mass is 9.79. The van der Waals surface area contributed by atoms with Crippen LogP contribution in [0.15, 0.2) is 43.0 Å². The van der Waals surface area contributed by atoms with E-state index < -0.39 is 11.6 Å². The molecule has 0 bridgehead atoms. The van der Waals surface area contributed by atoms with E-state index in [4.69, 9.17) is 9.47 Å². The lowest BCUT2D eigenvalue weighted by Gasteiger charge is -2.29. The molecule has 2 aromatic rings. The molecule has 0 aromatic heterocycles. The van der Waals surface area contributed by atoms with Crippen molar-refractivity contribution in [3.05, 3.63) is 71.6 Å². The van der Waals surface area contributed by atoms with Crippen LogP contribution >= 0.6 is 0 Å². The largest absolute Gasteiger partial charge is 0.493 e. The predicted molar refractivity (Wildman–Crippen MR) is 103 cm³/mol. The minimum Gasteiger partial charge on any atom is -0.493 e. The minimum atomic E-state index is -0.939. The second kappa shape index (κ2) is 9.18. The molecule has 0 spiro atoms. The quantitative estimate of drug-likeness (QED) is 0.514. The van der Waals surface area contributed by atoms with Crippen LogP contribution in [0.4, 0.5) is 13.2 Å². The minimum absolute atomic E-state index is 0.0176. The Morgan fingerprint density at radius 3 is 2.43 bits per heavy atom. The summed E-state index contributed by atoms with van der Waals surface area (Å²) in [4.78, 5) is 0. The highest BCUT2D eigenvalue weighted by Crippen LogP contribution is 2.38.